The first kappa shape index (κ1) is 19.4. The van der Waals surface area contributed by atoms with Crippen LogP contribution in [0.1, 0.15) is 43.1 Å². The van der Waals surface area contributed by atoms with Crippen LogP contribution in [-0.2, 0) is 6.42 Å². The molecule has 0 aliphatic heterocycles. The molecule has 2 atom stereocenters. The maximum absolute atomic E-state index is 13.7. The highest BCUT2D eigenvalue weighted by Crippen LogP contribution is 2.30. The van der Waals surface area contributed by atoms with E-state index in [2.05, 4.69) is 20.9 Å². The Hall–Kier alpha value is -2.57. The second kappa shape index (κ2) is 7.93. The van der Waals surface area contributed by atoms with Gasteiger partial charge in [-0.15, -0.1) is 0 Å². The zero-order valence-corrected chi connectivity index (χ0v) is 18.0. The van der Waals surface area contributed by atoms with Crippen molar-refractivity contribution in [1.82, 2.24) is 14.5 Å². The van der Waals surface area contributed by atoms with Crippen LogP contribution in [0, 0.1) is 0 Å². The number of nitrogens with zero attached hydrogens (tertiary/aromatic N) is 3. The molecule has 0 bridgehead atoms. The van der Waals surface area contributed by atoms with E-state index < -0.39 is 6.10 Å². The number of hydrogen-bond acceptors (Lipinski definition) is 4. The number of aliphatic hydroxyl groups excluding tert-OH is 1. The van der Waals surface area contributed by atoms with E-state index in [9.17, 15) is 9.90 Å². The average Bonchev–Trinajstić information content (AvgIpc) is 2.76. The minimum Gasteiger partial charge on any atom is -0.391 e. The van der Waals surface area contributed by atoms with Gasteiger partial charge in [0, 0.05) is 34.1 Å². The van der Waals surface area contributed by atoms with Crippen molar-refractivity contribution in [3.05, 3.63) is 81.1 Å². The number of hydrogen-bond donors (Lipinski definition) is 1. The fraction of sp³-hybridized carbons (Fsp3) is 0.292. The lowest BCUT2D eigenvalue weighted by Crippen LogP contribution is -2.37. The summed E-state index contributed by atoms with van der Waals surface area (Å²) in [5, 5.41) is 13.2. The monoisotopic (exact) mass is 463 g/mol. The first-order valence-electron chi connectivity index (χ1n) is 10.3. The molecule has 1 aliphatic carbocycles. The number of benzene rings is 2. The third-order valence-electron chi connectivity index (χ3n) is 6.06. The van der Waals surface area contributed by atoms with Crippen LogP contribution in [0.3, 0.4) is 0 Å². The maximum Gasteiger partial charge on any atom is 0.261 e. The summed E-state index contributed by atoms with van der Waals surface area (Å²) in [4.78, 5) is 22.9. The van der Waals surface area contributed by atoms with Gasteiger partial charge < -0.3 is 5.11 Å². The molecule has 1 N–H and O–H groups in total. The summed E-state index contributed by atoms with van der Waals surface area (Å²) in [6.07, 6.45) is 7.04. The van der Waals surface area contributed by atoms with Crippen molar-refractivity contribution >= 4 is 37.6 Å². The molecule has 1 fully saturated rings. The predicted molar refractivity (Wildman–Crippen MR) is 122 cm³/mol. The van der Waals surface area contributed by atoms with Crippen LogP contribution in [0.25, 0.3) is 21.7 Å². The summed E-state index contributed by atoms with van der Waals surface area (Å²) in [5.74, 6) is 0.699. The molecule has 0 saturated heterocycles. The quantitative estimate of drug-likeness (QED) is 0.444. The van der Waals surface area contributed by atoms with E-state index in [0.717, 1.165) is 46.5 Å². The van der Waals surface area contributed by atoms with Crippen LogP contribution in [0.2, 0.25) is 0 Å². The summed E-state index contributed by atoms with van der Waals surface area (Å²) >= 11 is 3.48. The molecule has 2 aromatic carbocycles. The van der Waals surface area contributed by atoms with E-state index in [1.54, 1.807) is 17.0 Å². The van der Waals surface area contributed by atoms with Crippen molar-refractivity contribution in [1.29, 1.82) is 0 Å². The molecule has 0 amide bonds. The van der Waals surface area contributed by atoms with Gasteiger partial charge in [0.05, 0.1) is 23.0 Å². The Balaban J connectivity index is 1.76. The second-order valence-corrected chi connectivity index (χ2v) is 8.90. The van der Waals surface area contributed by atoms with E-state index in [-0.39, 0.29) is 11.6 Å². The molecule has 0 radical (unpaired) electrons. The van der Waals surface area contributed by atoms with Crippen molar-refractivity contribution in [3.63, 3.8) is 0 Å². The Labute approximate surface area is 182 Å². The van der Waals surface area contributed by atoms with Crippen LogP contribution in [0.15, 0.2) is 64.1 Å². The fourth-order valence-corrected chi connectivity index (χ4v) is 4.78. The Morgan fingerprint density at radius 3 is 2.63 bits per heavy atom. The molecular formula is C24H22BrN3O2. The molecule has 6 heteroatoms. The molecule has 1 saturated carbocycles. The third-order valence-corrected chi connectivity index (χ3v) is 6.59. The van der Waals surface area contributed by atoms with Crippen molar-refractivity contribution in [2.45, 2.75) is 44.2 Å². The molecule has 1 aliphatic rings. The average molecular weight is 464 g/mol. The molecule has 2 aromatic heterocycles. The SMILES string of the molecule is O=c1c2ccc3cnccc3c2nc(Cc2ccc(Br)cc2)n1[C@H]1CCCC[C@@H]1O. The molecular weight excluding hydrogens is 442 g/mol. The lowest BCUT2D eigenvalue weighted by atomic mass is 9.92. The number of aliphatic hydroxyl groups is 1. The molecule has 5 rings (SSSR count). The fourth-order valence-electron chi connectivity index (χ4n) is 4.52. The molecule has 30 heavy (non-hydrogen) atoms. The number of halogens is 1. The first-order valence-corrected chi connectivity index (χ1v) is 11.1. The normalized spacial score (nSPS) is 19.4. The van der Waals surface area contributed by atoms with E-state index in [1.807, 2.05) is 42.5 Å². The minimum atomic E-state index is -0.524. The number of rotatable bonds is 3. The Kier molecular flexibility index (Phi) is 5.13. The van der Waals surface area contributed by atoms with Gasteiger partial charge in [-0.2, -0.15) is 0 Å². The highest BCUT2D eigenvalue weighted by molar-refractivity contribution is 9.10. The summed E-state index contributed by atoms with van der Waals surface area (Å²) < 4.78 is 2.78. The summed E-state index contributed by atoms with van der Waals surface area (Å²) in [5.41, 5.74) is 1.70. The van der Waals surface area contributed by atoms with Gasteiger partial charge in [-0.05, 0) is 42.7 Å². The minimum absolute atomic E-state index is 0.0724. The predicted octanol–water partition coefficient (Wildman–Crippen LogP) is 4.77. The van der Waals surface area contributed by atoms with Crippen LogP contribution in [-0.4, -0.2) is 25.7 Å². The molecule has 0 spiro atoms. The van der Waals surface area contributed by atoms with Gasteiger partial charge >= 0.3 is 0 Å². The molecule has 5 nitrogen and oxygen atoms in total. The van der Waals surface area contributed by atoms with E-state index >= 15 is 0 Å². The zero-order valence-electron chi connectivity index (χ0n) is 16.5. The largest absolute Gasteiger partial charge is 0.391 e. The molecule has 152 valence electrons. The maximum atomic E-state index is 13.7. The lowest BCUT2D eigenvalue weighted by molar-refractivity contribution is 0.0721. The van der Waals surface area contributed by atoms with Gasteiger partial charge in [0.1, 0.15) is 5.82 Å². The number of pyridine rings is 1. The van der Waals surface area contributed by atoms with Crippen LogP contribution >= 0.6 is 15.9 Å². The van der Waals surface area contributed by atoms with E-state index in [4.69, 9.17) is 4.98 Å². The summed E-state index contributed by atoms with van der Waals surface area (Å²) in [6.45, 7) is 0. The Morgan fingerprint density at radius 2 is 1.83 bits per heavy atom. The van der Waals surface area contributed by atoms with E-state index in [0.29, 0.717) is 23.1 Å². The third kappa shape index (κ3) is 3.44. The van der Waals surface area contributed by atoms with Gasteiger partial charge in [0.2, 0.25) is 0 Å². The standard InChI is InChI=1S/C24H22BrN3O2/c25-17-8-5-15(6-9-17)13-22-27-23-18-11-12-26-14-16(18)7-10-19(23)24(30)28(22)20-3-1-2-4-21(20)29/h5-12,14,20-21,29H,1-4,13H2/t20-,21-/m0/s1. The Bertz CT molecular complexity index is 1280. The van der Waals surface area contributed by atoms with Crippen molar-refractivity contribution < 1.29 is 5.11 Å². The highest BCUT2D eigenvalue weighted by Gasteiger charge is 2.28. The van der Waals surface area contributed by atoms with Gasteiger partial charge in [0.15, 0.2) is 0 Å². The lowest BCUT2D eigenvalue weighted by Gasteiger charge is -2.31. The topological polar surface area (TPSA) is 68.0 Å². The van der Waals surface area contributed by atoms with Crippen molar-refractivity contribution in [2.24, 2.45) is 0 Å². The Morgan fingerprint density at radius 1 is 1.03 bits per heavy atom. The smallest absolute Gasteiger partial charge is 0.261 e. The van der Waals surface area contributed by atoms with E-state index in [1.165, 1.54) is 0 Å². The van der Waals surface area contributed by atoms with Gasteiger partial charge in [-0.25, -0.2) is 4.98 Å². The van der Waals surface area contributed by atoms with Crippen molar-refractivity contribution in [3.8, 4) is 0 Å². The van der Waals surface area contributed by atoms with Gasteiger partial charge in [0.25, 0.3) is 5.56 Å². The molecule has 4 aromatic rings. The van der Waals surface area contributed by atoms with Crippen LogP contribution in [0.4, 0.5) is 0 Å². The zero-order chi connectivity index (χ0) is 20.7. The summed E-state index contributed by atoms with van der Waals surface area (Å²) in [6, 6.07) is 13.5. The molecule has 2 heterocycles. The van der Waals surface area contributed by atoms with Crippen molar-refractivity contribution in [2.75, 3.05) is 0 Å². The van der Waals surface area contributed by atoms with Crippen LogP contribution in [0.5, 0.6) is 0 Å². The van der Waals surface area contributed by atoms with Crippen LogP contribution < -0.4 is 5.56 Å². The highest BCUT2D eigenvalue weighted by atomic mass is 79.9. The molecule has 0 unspecified atom stereocenters. The second-order valence-electron chi connectivity index (χ2n) is 7.98. The van der Waals surface area contributed by atoms with Gasteiger partial charge in [-0.3, -0.25) is 14.3 Å². The number of fused-ring (bicyclic) bond motifs is 3. The summed E-state index contributed by atoms with van der Waals surface area (Å²) in [7, 11) is 0. The van der Waals surface area contributed by atoms with Gasteiger partial charge in [-0.1, -0.05) is 47.0 Å². The number of aromatic nitrogens is 3. The first-order chi connectivity index (χ1) is 14.6.